The molecular weight excluding hydrogens is 396 g/mol. The van der Waals surface area contributed by atoms with Crippen LogP contribution in [0.3, 0.4) is 0 Å². The molecule has 0 bridgehead atoms. The normalized spacial score (nSPS) is 13.9. The molecule has 1 fully saturated rings. The number of aryl methyl sites for hydroxylation is 1. The monoisotopic (exact) mass is 422 g/mol. The van der Waals surface area contributed by atoms with E-state index < -0.39 is 11.7 Å². The third-order valence-electron chi connectivity index (χ3n) is 5.40. The Morgan fingerprint density at radius 2 is 1.71 bits per heavy atom. The van der Waals surface area contributed by atoms with Crippen LogP contribution in [0.25, 0.3) is 10.9 Å². The number of methoxy groups -OCH3 is 1. The van der Waals surface area contributed by atoms with Gasteiger partial charge in [0.1, 0.15) is 0 Å². The summed E-state index contributed by atoms with van der Waals surface area (Å²) >= 11 is 0. The number of fused-ring (bicyclic) bond motifs is 1. The molecule has 1 aliphatic heterocycles. The number of carbonyl (C=O) groups excluding carboxylic acids is 2. The third kappa shape index (κ3) is 4.56. The number of hydrogen-bond donors (Lipinski definition) is 0. The van der Waals surface area contributed by atoms with Gasteiger partial charge < -0.3 is 23.7 Å². The zero-order chi connectivity index (χ0) is 21.6. The van der Waals surface area contributed by atoms with Crippen LogP contribution in [0.5, 0.6) is 11.5 Å². The van der Waals surface area contributed by atoms with E-state index in [-0.39, 0.29) is 0 Å². The second-order valence-electron chi connectivity index (χ2n) is 7.34. The summed E-state index contributed by atoms with van der Waals surface area (Å²) in [5.74, 6) is 0.464. The van der Waals surface area contributed by atoms with E-state index in [0.717, 1.165) is 17.3 Å². The van der Waals surface area contributed by atoms with Gasteiger partial charge in [-0.3, -0.25) is 9.59 Å². The van der Waals surface area contributed by atoms with Crippen molar-refractivity contribution in [3.05, 3.63) is 60.3 Å². The van der Waals surface area contributed by atoms with E-state index >= 15 is 0 Å². The fraction of sp³-hybridized carbons (Fsp3) is 0.333. The van der Waals surface area contributed by atoms with E-state index in [9.17, 15) is 9.59 Å². The average Bonchev–Trinajstić information content (AvgIpc) is 3.20. The molecule has 1 aromatic heterocycles. The molecule has 1 saturated heterocycles. The average molecular weight is 422 g/mol. The molecule has 0 unspecified atom stereocenters. The first kappa shape index (κ1) is 20.9. The second kappa shape index (κ2) is 9.66. The molecular formula is C24H26N2O5. The lowest BCUT2D eigenvalue weighted by Crippen LogP contribution is -2.44. The molecule has 1 aliphatic rings. The van der Waals surface area contributed by atoms with Crippen LogP contribution in [0.4, 0.5) is 0 Å². The summed E-state index contributed by atoms with van der Waals surface area (Å²) < 4.78 is 18.5. The van der Waals surface area contributed by atoms with Crippen molar-refractivity contribution in [3.63, 3.8) is 0 Å². The number of para-hydroxylation sites is 3. The minimum atomic E-state index is -0.470. The Hall–Kier alpha value is -3.32. The molecule has 0 aliphatic carbocycles. The van der Waals surface area contributed by atoms with E-state index in [1.807, 2.05) is 53.1 Å². The summed E-state index contributed by atoms with van der Waals surface area (Å²) in [4.78, 5) is 27.3. The fourth-order valence-electron chi connectivity index (χ4n) is 3.79. The third-order valence-corrected chi connectivity index (χ3v) is 5.40. The van der Waals surface area contributed by atoms with Crippen molar-refractivity contribution in [1.82, 2.24) is 9.47 Å². The first-order valence-electron chi connectivity index (χ1n) is 10.4. The number of amides is 1. The second-order valence-corrected chi connectivity index (χ2v) is 7.34. The quantitative estimate of drug-likeness (QED) is 0.317. The van der Waals surface area contributed by atoms with Crippen LogP contribution in [-0.2, 0) is 16.1 Å². The standard InChI is InChI=1S/C24H26N2O5/c1-29-21-9-4-5-10-22(21)31-14-6-11-26-17-19(18-7-2-3-8-20(18)26)23(27)24(28)25-12-15-30-16-13-25/h2-5,7-10,17H,6,11-16H2,1H3. The van der Waals surface area contributed by atoms with Gasteiger partial charge in [0.15, 0.2) is 11.5 Å². The number of ketones is 1. The van der Waals surface area contributed by atoms with Crippen molar-refractivity contribution in [2.24, 2.45) is 0 Å². The topological polar surface area (TPSA) is 70.0 Å². The summed E-state index contributed by atoms with van der Waals surface area (Å²) in [6.07, 6.45) is 2.52. The predicted octanol–water partition coefficient (Wildman–Crippen LogP) is 3.16. The Morgan fingerprint density at radius 3 is 2.48 bits per heavy atom. The van der Waals surface area contributed by atoms with Crippen molar-refractivity contribution >= 4 is 22.6 Å². The van der Waals surface area contributed by atoms with Gasteiger partial charge in [-0.25, -0.2) is 0 Å². The Morgan fingerprint density at radius 1 is 1.00 bits per heavy atom. The summed E-state index contributed by atoms with van der Waals surface area (Å²) in [6, 6.07) is 15.2. The zero-order valence-corrected chi connectivity index (χ0v) is 17.6. The van der Waals surface area contributed by atoms with Gasteiger partial charge in [-0.2, -0.15) is 0 Å². The van der Waals surface area contributed by atoms with Crippen LogP contribution in [0.1, 0.15) is 16.8 Å². The number of morpholine rings is 1. The number of ether oxygens (including phenoxy) is 3. The van der Waals surface area contributed by atoms with E-state index in [1.165, 1.54) is 0 Å². The Balaban J connectivity index is 1.46. The fourth-order valence-corrected chi connectivity index (χ4v) is 3.79. The van der Waals surface area contributed by atoms with E-state index in [1.54, 1.807) is 18.2 Å². The van der Waals surface area contributed by atoms with Gasteiger partial charge in [-0.15, -0.1) is 0 Å². The maximum atomic E-state index is 13.0. The number of carbonyl (C=O) groups is 2. The molecule has 7 heteroatoms. The number of nitrogens with zero attached hydrogens (tertiary/aromatic N) is 2. The van der Waals surface area contributed by atoms with Gasteiger partial charge >= 0.3 is 0 Å². The summed E-state index contributed by atoms with van der Waals surface area (Å²) in [5, 5.41) is 0.791. The number of aromatic nitrogens is 1. The molecule has 0 saturated carbocycles. The van der Waals surface area contributed by atoms with Crippen LogP contribution >= 0.6 is 0 Å². The number of hydrogen-bond acceptors (Lipinski definition) is 5. The van der Waals surface area contributed by atoms with Crippen molar-refractivity contribution in [2.75, 3.05) is 40.0 Å². The highest BCUT2D eigenvalue weighted by Gasteiger charge is 2.27. The van der Waals surface area contributed by atoms with Crippen molar-refractivity contribution < 1.29 is 23.8 Å². The Bertz CT molecular complexity index is 1070. The van der Waals surface area contributed by atoms with Gasteiger partial charge in [0.05, 0.1) is 32.5 Å². The van der Waals surface area contributed by atoms with Crippen LogP contribution in [0.2, 0.25) is 0 Å². The lowest BCUT2D eigenvalue weighted by Gasteiger charge is -2.25. The SMILES string of the molecule is COc1ccccc1OCCCn1cc(C(=O)C(=O)N2CCOCC2)c2ccccc21. The van der Waals surface area contributed by atoms with Crippen molar-refractivity contribution in [2.45, 2.75) is 13.0 Å². The van der Waals surface area contributed by atoms with E-state index in [4.69, 9.17) is 14.2 Å². The molecule has 2 aromatic carbocycles. The highest BCUT2D eigenvalue weighted by molar-refractivity contribution is 6.44. The van der Waals surface area contributed by atoms with Gasteiger partial charge in [0.25, 0.3) is 11.7 Å². The largest absolute Gasteiger partial charge is 0.493 e. The molecule has 1 amide bonds. The lowest BCUT2D eigenvalue weighted by atomic mass is 10.1. The maximum Gasteiger partial charge on any atom is 0.295 e. The van der Waals surface area contributed by atoms with Crippen LogP contribution < -0.4 is 9.47 Å². The minimum Gasteiger partial charge on any atom is -0.493 e. The molecule has 0 N–H and O–H groups in total. The molecule has 0 atom stereocenters. The first-order chi connectivity index (χ1) is 15.2. The van der Waals surface area contributed by atoms with Gasteiger partial charge in [-0.1, -0.05) is 30.3 Å². The van der Waals surface area contributed by atoms with Crippen LogP contribution in [0, 0.1) is 0 Å². The summed E-state index contributed by atoms with van der Waals surface area (Å²) in [5.41, 5.74) is 1.37. The Kier molecular flexibility index (Phi) is 6.52. The van der Waals surface area contributed by atoms with E-state index in [0.29, 0.717) is 56.5 Å². The predicted molar refractivity (Wildman–Crippen MR) is 117 cm³/mol. The zero-order valence-electron chi connectivity index (χ0n) is 17.6. The molecule has 2 heterocycles. The summed E-state index contributed by atoms with van der Waals surface area (Å²) in [6.45, 7) is 2.99. The van der Waals surface area contributed by atoms with Gasteiger partial charge in [-0.05, 0) is 24.6 Å². The van der Waals surface area contributed by atoms with Crippen LogP contribution in [0.15, 0.2) is 54.7 Å². The molecule has 162 valence electrons. The van der Waals surface area contributed by atoms with Crippen molar-refractivity contribution in [1.29, 1.82) is 0 Å². The lowest BCUT2D eigenvalue weighted by molar-refractivity contribution is -0.130. The Labute approximate surface area is 181 Å². The maximum absolute atomic E-state index is 13.0. The molecule has 7 nitrogen and oxygen atoms in total. The highest BCUT2D eigenvalue weighted by atomic mass is 16.5. The molecule has 0 radical (unpaired) electrons. The van der Waals surface area contributed by atoms with Crippen LogP contribution in [-0.4, -0.2) is 61.2 Å². The molecule has 31 heavy (non-hydrogen) atoms. The van der Waals surface area contributed by atoms with Crippen molar-refractivity contribution in [3.8, 4) is 11.5 Å². The summed E-state index contributed by atoms with van der Waals surface area (Å²) in [7, 11) is 1.62. The molecule has 4 rings (SSSR count). The van der Waals surface area contributed by atoms with Gasteiger partial charge in [0.2, 0.25) is 0 Å². The van der Waals surface area contributed by atoms with Gasteiger partial charge in [0, 0.05) is 36.7 Å². The molecule has 3 aromatic rings. The number of Topliss-reactive ketones (excluding diaryl/α,β-unsaturated/α-hetero) is 1. The highest BCUT2D eigenvalue weighted by Crippen LogP contribution is 2.26. The van der Waals surface area contributed by atoms with E-state index in [2.05, 4.69) is 0 Å². The minimum absolute atomic E-state index is 0.442. The smallest absolute Gasteiger partial charge is 0.295 e. The first-order valence-corrected chi connectivity index (χ1v) is 10.4. The molecule has 0 spiro atoms. The number of rotatable bonds is 8. The number of benzene rings is 2.